The van der Waals surface area contributed by atoms with Crippen LogP contribution in [0.25, 0.3) is 0 Å². The third kappa shape index (κ3) is 4.14. The van der Waals surface area contributed by atoms with Gasteiger partial charge in [0, 0.05) is 6.20 Å². The van der Waals surface area contributed by atoms with E-state index in [0.717, 1.165) is 4.68 Å². The van der Waals surface area contributed by atoms with Crippen LogP contribution in [0.1, 0.15) is 16.1 Å². The number of rotatable bonds is 5. The third-order valence-electron chi connectivity index (χ3n) is 2.37. The van der Waals surface area contributed by atoms with E-state index in [-0.39, 0.29) is 28.8 Å². The molecule has 0 aromatic carbocycles. The summed E-state index contributed by atoms with van der Waals surface area (Å²) in [6, 6.07) is 1.40. The second-order valence-corrected chi connectivity index (χ2v) is 4.75. The molecule has 0 aliphatic carbocycles. The Kier molecular flexibility index (Phi) is 4.71. The maximum absolute atomic E-state index is 11.9. The molecule has 1 amide bonds. The molecule has 0 bridgehead atoms. The monoisotopic (exact) mass is 329 g/mol. The summed E-state index contributed by atoms with van der Waals surface area (Å²) in [5.74, 6) is -1.44. The average molecular weight is 330 g/mol. The van der Waals surface area contributed by atoms with Gasteiger partial charge in [0.05, 0.1) is 23.3 Å². The number of aromatic nitrogens is 4. The zero-order chi connectivity index (χ0) is 15.4. The van der Waals surface area contributed by atoms with Crippen molar-refractivity contribution in [1.29, 1.82) is 0 Å². The molecule has 10 heteroatoms. The first-order chi connectivity index (χ1) is 9.95. The number of hydrogen-bond acceptors (Lipinski definition) is 5. The number of carboxylic acid groups (broad SMARTS) is 1. The standard InChI is InChI=1S/C11H9Cl2N5O3/c12-8-1-6(2-14-10(8)13)11(21)15-3-7-4-18(17-16-7)5-9(19)20/h1-2,4H,3,5H2,(H,15,21)(H,19,20). The van der Waals surface area contributed by atoms with Crippen LogP contribution in [0.15, 0.2) is 18.5 Å². The van der Waals surface area contributed by atoms with Gasteiger partial charge in [0.25, 0.3) is 5.91 Å². The van der Waals surface area contributed by atoms with Gasteiger partial charge < -0.3 is 10.4 Å². The van der Waals surface area contributed by atoms with Crippen molar-refractivity contribution in [1.82, 2.24) is 25.3 Å². The predicted octanol–water partition coefficient (Wildman–Crippen LogP) is 0.994. The van der Waals surface area contributed by atoms with Gasteiger partial charge in [-0.05, 0) is 6.07 Å². The van der Waals surface area contributed by atoms with E-state index in [2.05, 4.69) is 20.6 Å². The van der Waals surface area contributed by atoms with Crippen molar-refractivity contribution in [2.24, 2.45) is 0 Å². The lowest BCUT2D eigenvalue weighted by Crippen LogP contribution is -2.23. The van der Waals surface area contributed by atoms with Crippen molar-refractivity contribution >= 4 is 35.1 Å². The van der Waals surface area contributed by atoms with E-state index in [0.29, 0.717) is 5.69 Å². The Hall–Kier alpha value is -2.19. The van der Waals surface area contributed by atoms with Gasteiger partial charge in [0.1, 0.15) is 17.4 Å². The highest BCUT2D eigenvalue weighted by molar-refractivity contribution is 6.41. The number of hydrogen-bond donors (Lipinski definition) is 2. The van der Waals surface area contributed by atoms with Crippen LogP contribution in [0.3, 0.4) is 0 Å². The van der Waals surface area contributed by atoms with Crippen LogP contribution in [0.5, 0.6) is 0 Å². The Morgan fingerprint density at radius 2 is 2.14 bits per heavy atom. The molecule has 0 aliphatic heterocycles. The molecule has 0 spiro atoms. The molecule has 0 saturated heterocycles. The van der Waals surface area contributed by atoms with Gasteiger partial charge in [-0.15, -0.1) is 5.10 Å². The second kappa shape index (κ2) is 6.51. The molecular formula is C11H9Cl2N5O3. The van der Waals surface area contributed by atoms with E-state index in [1.807, 2.05) is 0 Å². The fourth-order valence-electron chi connectivity index (χ4n) is 1.45. The van der Waals surface area contributed by atoms with Gasteiger partial charge in [-0.1, -0.05) is 28.4 Å². The summed E-state index contributed by atoms with van der Waals surface area (Å²) in [4.78, 5) is 26.1. The molecule has 0 radical (unpaired) electrons. The highest BCUT2D eigenvalue weighted by atomic mass is 35.5. The van der Waals surface area contributed by atoms with Crippen LogP contribution in [-0.2, 0) is 17.9 Å². The van der Waals surface area contributed by atoms with Crippen molar-refractivity contribution in [3.05, 3.63) is 39.9 Å². The summed E-state index contributed by atoms with van der Waals surface area (Å²) in [5.41, 5.74) is 0.681. The van der Waals surface area contributed by atoms with Gasteiger partial charge in [0.2, 0.25) is 0 Å². The number of amides is 1. The maximum Gasteiger partial charge on any atom is 0.325 e. The Morgan fingerprint density at radius 3 is 2.81 bits per heavy atom. The molecule has 2 rings (SSSR count). The summed E-state index contributed by atoms with van der Waals surface area (Å²) in [6.07, 6.45) is 2.73. The van der Waals surface area contributed by atoms with Crippen LogP contribution >= 0.6 is 23.2 Å². The average Bonchev–Trinajstić information content (AvgIpc) is 2.86. The van der Waals surface area contributed by atoms with Crippen molar-refractivity contribution in [3.63, 3.8) is 0 Å². The SMILES string of the molecule is O=C(O)Cn1cc(CNC(=O)c2cnc(Cl)c(Cl)c2)nn1. The topological polar surface area (TPSA) is 110 Å². The lowest BCUT2D eigenvalue weighted by atomic mass is 10.2. The Bertz CT molecular complexity index is 688. The smallest absolute Gasteiger partial charge is 0.325 e. The molecule has 2 N–H and O–H groups in total. The number of nitrogens with one attached hydrogen (secondary N) is 1. The number of carbonyl (C=O) groups is 2. The third-order valence-corrected chi connectivity index (χ3v) is 3.06. The van der Waals surface area contributed by atoms with Gasteiger partial charge in [-0.3, -0.25) is 9.59 Å². The molecule has 0 atom stereocenters. The second-order valence-electron chi connectivity index (χ2n) is 3.98. The first kappa shape index (κ1) is 15.2. The van der Waals surface area contributed by atoms with Gasteiger partial charge in [-0.2, -0.15) is 0 Å². The number of pyridine rings is 1. The van der Waals surface area contributed by atoms with E-state index in [1.165, 1.54) is 18.5 Å². The first-order valence-corrected chi connectivity index (χ1v) is 6.41. The molecule has 8 nitrogen and oxygen atoms in total. The van der Waals surface area contributed by atoms with Crippen LogP contribution in [0.4, 0.5) is 0 Å². The first-order valence-electron chi connectivity index (χ1n) is 5.66. The van der Waals surface area contributed by atoms with Gasteiger partial charge >= 0.3 is 5.97 Å². The van der Waals surface area contributed by atoms with E-state index in [4.69, 9.17) is 28.3 Å². The number of carboxylic acids is 1. The highest BCUT2D eigenvalue weighted by Gasteiger charge is 2.10. The zero-order valence-electron chi connectivity index (χ0n) is 10.5. The summed E-state index contributed by atoms with van der Waals surface area (Å²) >= 11 is 11.4. The molecule has 0 aliphatic rings. The van der Waals surface area contributed by atoms with Crippen molar-refractivity contribution < 1.29 is 14.7 Å². The molecule has 0 saturated carbocycles. The van der Waals surface area contributed by atoms with Crippen molar-refractivity contribution in [3.8, 4) is 0 Å². The molecule has 0 fully saturated rings. The Morgan fingerprint density at radius 1 is 1.38 bits per heavy atom. The molecular weight excluding hydrogens is 321 g/mol. The van der Waals surface area contributed by atoms with Crippen LogP contribution in [-0.4, -0.2) is 37.0 Å². The lowest BCUT2D eigenvalue weighted by molar-refractivity contribution is -0.137. The minimum atomic E-state index is -1.03. The van der Waals surface area contributed by atoms with Crippen molar-refractivity contribution in [2.45, 2.75) is 13.1 Å². The fraction of sp³-hybridized carbons (Fsp3) is 0.182. The molecule has 2 heterocycles. The van der Waals surface area contributed by atoms with Crippen LogP contribution < -0.4 is 5.32 Å². The lowest BCUT2D eigenvalue weighted by Gasteiger charge is -2.03. The predicted molar refractivity (Wildman–Crippen MR) is 73.1 cm³/mol. The maximum atomic E-state index is 11.9. The Labute approximate surface area is 128 Å². The summed E-state index contributed by atoms with van der Waals surface area (Å²) < 4.78 is 1.16. The molecule has 110 valence electrons. The number of halogens is 2. The minimum Gasteiger partial charge on any atom is -0.480 e. The zero-order valence-corrected chi connectivity index (χ0v) is 12.0. The summed E-state index contributed by atoms with van der Waals surface area (Å²) in [5, 5.41) is 18.8. The number of carbonyl (C=O) groups excluding carboxylic acids is 1. The van der Waals surface area contributed by atoms with Crippen LogP contribution in [0.2, 0.25) is 10.2 Å². The fourth-order valence-corrected chi connectivity index (χ4v) is 1.72. The van der Waals surface area contributed by atoms with E-state index < -0.39 is 11.9 Å². The van der Waals surface area contributed by atoms with E-state index in [1.54, 1.807) is 0 Å². The highest BCUT2D eigenvalue weighted by Crippen LogP contribution is 2.19. The van der Waals surface area contributed by atoms with Gasteiger partial charge in [-0.25, -0.2) is 9.67 Å². The quantitative estimate of drug-likeness (QED) is 0.791. The van der Waals surface area contributed by atoms with Gasteiger partial charge in [0.15, 0.2) is 0 Å². The minimum absolute atomic E-state index is 0.0959. The van der Waals surface area contributed by atoms with Crippen LogP contribution in [0, 0.1) is 0 Å². The molecule has 2 aromatic heterocycles. The van der Waals surface area contributed by atoms with E-state index >= 15 is 0 Å². The molecule has 0 unspecified atom stereocenters. The summed E-state index contributed by atoms with van der Waals surface area (Å²) in [6.45, 7) is -0.198. The Balaban J connectivity index is 1.95. The largest absolute Gasteiger partial charge is 0.480 e. The van der Waals surface area contributed by atoms with E-state index in [9.17, 15) is 9.59 Å². The number of aliphatic carboxylic acids is 1. The molecule has 2 aromatic rings. The number of nitrogens with zero attached hydrogens (tertiary/aromatic N) is 4. The molecule has 21 heavy (non-hydrogen) atoms. The summed E-state index contributed by atoms with van der Waals surface area (Å²) in [7, 11) is 0. The normalized spacial score (nSPS) is 10.4. The van der Waals surface area contributed by atoms with Crippen molar-refractivity contribution in [2.75, 3.05) is 0 Å².